The Morgan fingerprint density at radius 1 is 1.31 bits per heavy atom. The van der Waals surface area contributed by atoms with Gasteiger partial charge >= 0.3 is 0 Å². The number of hydrogen-bond acceptors (Lipinski definition) is 4. The lowest BCUT2D eigenvalue weighted by atomic mass is 9.86. The number of ether oxygens (including phenoxy) is 1. The third kappa shape index (κ3) is 3.32. The number of hydrogen-bond donors (Lipinski definition) is 1. The topological polar surface area (TPSA) is 73.2 Å². The Balaban J connectivity index is 1.44. The summed E-state index contributed by atoms with van der Waals surface area (Å²) in [6.07, 6.45) is 6.43. The van der Waals surface area contributed by atoms with Crippen LogP contribution in [0.5, 0.6) is 5.75 Å². The van der Waals surface area contributed by atoms with Crippen molar-refractivity contribution in [1.82, 2.24) is 14.9 Å². The SMILES string of the molecule is CC1CCCCC1NC(=O)COc1ccc2nc3n(c(=O)c2c1)CCC3. The van der Waals surface area contributed by atoms with E-state index < -0.39 is 0 Å². The predicted octanol–water partition coefficient (Wildman–Crippen LogP) is 2.42. The van der Waals surface area contributed by atoms with Crippen LogP contribution in [-0.4, -0.2) is 28.1 Å². The highest BCUT2D eigenvalue weighted by atomic mass is 16.5. The molecule has 1 amide bonds. The van der Waals surface area contributed by atoms with Gasteiger partial charge in [-0.2, -0.15) is 0 Å². The van der Waals surface area contributed by atoms with E-state index in [1.807, 2.05) is 0 Å². The summed E-state index contributed by atoms with van der Waals surface area (Å²) in [6.45, 7) is 2.88. The van der Waals surface area contributed by atoms with Crippen molar-refractivity contribution in [3.8, 4) is 5.75 Å². The third-order valence-electron chi connectivity index (χ3n) is 5.61. The van der Waals surface area contributed by atoms with Crippen molar-refractivity contribution >= 4 is 16.8 Å². The van der Waals surface area contributed by atoms with Crippen molar-refractivity contribution in [1.29, 1.82) is 0 Å². The first-order valence-corrected chi connectivity index (χ1v) is 9.57. The molecule has 2 aliphatic rings. The summed E-state index contributed by atoms with van der Waals surface area (Å²) < 4.78 is 7.38. The Kier molecular flexibility index (Phi) is 4.66. The van der Waals surface area contributed by atoms with Crippen LogP contribution < -0.4 is 15.6 Å². The van der Waals surface area contributed by atoms with Gasteiger partial charge < -0.3 is 10.1 Å². The zero-order valence-electron chi connectivity index (χ0n) is 15.2. The largest absolute Gasteiger partial charge is 0.484 e. The van der Waals surface area contributed by atoms with E-state index in [0.29, 0.717) is 22.6 Å². The lowest BCUT2D eigenvalue weighted by Crippen LogP contribution is -2.43. The Morgan fingerprint density at radius 3 is 3.00 bits per heavy atom. The van der Waals surface area contributed by atoms with E-state index in [2.05, 4.69) is 17.2 Å². The molecule has 2 aromatic rings. The van der Waals surface area contributed by atoms with Crippen molar-refractivity contribution in [3.63, 3.8) is 0 Å². The van der Waals surface area contributed by atoms with Gasteiger partial charge in [-0.1, -0.05) is 19.8 Å². The lowest BCUT2D eigenvalue weighted by molar-refractivity contribution is -0.124. The van der Waals surface area contributed by atoms with Crippen molar-refractivity contribution in [2.75, 3.05) is 6.61 Å². The second-order valence-electron chi connectivity index (χ2n) is 7.49. The van der Waals surface area contributed by atoms with Crippen LogP contribution in [0.15, 0.2) is 23.0 Å². The predicted molar refractivity (Wildman–Crippen MR) is 99.4 cm³/mol. The number of aryl methyl sites for hydroxylation is 1. The van der Waals surface area contributed by atoms with E-state index in [1.54, 1.807) is 22.8 Å². The number of benzene rings is 1. The van der Waals surface area contributed by atoms with Crippen LogP contribution in [0, 0.1) is 5.92 Å². The van der Waals surface area contributed by atoms with Crippen molar-refractivity contribution in [3.05, 3.63) is 34.4 Å². The van der Waals surface area contributed by atoms with Crippen LogP contribution in [0.2, 0.25) is 0 Å². The second kappa shape index (κ2) is 7.09. The molecular weight excluding hydrogens is 330 g/mol. The van der Waals surface area contributed by atoms with Gasteiger partial charge in [0.2, 0.25) is 0 Å². The van der Waals surface area contributed by atoms with Crippen LogP contribution in [0.1, 0.15) is 44.9 Å². The molecule has 1 aliphatic heterocycles. The molecule has 4 rings (SSSR count). The molecule has 2 atom stereocenters. The van der Waals surface area contributed by atoms with E-state index in [4.69, 9.17) is 4.74 Å². The minimum Gasteiger partial charge on any atom is -0.484 e. The first kappa shape index (κ1) is 17.1. The molecule has 6 nitrogen and oxygen atoms in total. The number of amides is 1. The van der Waals surface area contributed by atoms with Crippen molar-refractivity contribution in [2.24, 2.45) is 5.92 Å². The van der Waals surface area contributed by atoms with Gasteiger partial charge in [0.25, 0.3) is 11.5 Å². The van der Waals surface area contributed by atoms with Gasteiger partial charge in [0.1, 0.15) is 11.6 Å². The van der Waals surface area contributed by atoms with Crippen LogP contribution in [0.4, 0.5) is 0 Å². The van der Waals surface area contributed by atoms with Gasteiger partial charge in [0.05, 0.1) is 10.9 Å². The Morgan fingerprint density at radius 2 is 2.15 bits per heavy atom. The number of aromatic nitrogens is 2. The minimum absolute atomic E-state index is 0.0200. The highest BCUT2D eigenvalue weighted by molar-refractivity contribution is 5.80. The Bertz CT molecular complexity index is 890. The molecule has 2 unspecified atom stereocenters. The molecule has 0 spiro atoms. The van der Waals surface area contributed by atoms with Gasteiger partial charge in [0.15, 0.2) is 6.61 Å². The van der Waals surface area contributed by atoms with Gasteiger partial charge in [-0.15, -0.1) is 0 Å². The highest BCUT2D eigenvalue weighted by Crippen LogP contribution is 2.24. The van der Waals surface area contributed by atoms with Gasteiger partial charge in [-0.05, 0) is 43.4 Å². The Hall–Kier alpha value is -2.37. The van der Waals surface area contributed by atoms with Crippen LogP contribution >= 0.6 is 0 Å². The van der Waals surface area contributed by atoms with E-state index >= 15 is 0 Å². The summed E-state index contributed by atoms with van der Waals surface area (Å²) in [4.78, 5) is 29.4. The van der Waals surface area contributed by atoms with Gasteiger partial charge in [0, 0.05) is 19.0 Å². The van der Waals surface area contributed by atoms with Crippen molar-refractivity contribution in [2.45, 2.75) is 58.0 Å². The maximum Gasteiger partial charge on any atom is 0.261 e. The average molecular weight is 355 g/mol. The summed E-state index contributed by atoms with van der Waals surface area (Å²) in [5.41, 5.74) is 0.671. The molecule has 1 aromatic heterocycles. The molecule has 1 aliphatic carbocycles. The Labute approximate surface area is 152 Å². The molecule has 2 heterocycles. The first-order chi connectivity index (χ1) is 12.6. The first-order valence-electron chi connectivity index (χ1n) is 9.57. The third-order valence-corrected chi connectivity index (χ3v) is 5.61. The zero-order valence-corrected chi connectivity index (χ0v) is 15.2. The number of nitrogens with one attached hydrogen (secondary N) is 1. The fourth-order valence-corrected chi connectivity index (χ4v) is 4.08. The summed E-state index contributed by atoms with van der Waals surface area (Å²) in [5.74, 6) is 1.80. The van der Waals surface area contributed by atoms with Crippen LogP contribution in [0.25, 0.3) is 10.9 Å². The van der Waals surface area contributed by atoms with Crippen molar-refractivity contribution < 1.29 is 9.53 Å². The molecule has 1 fully saturated rings. The van der Waals surface area contributed by atoms with Crippen LogP contribution in [-0.2, 0) is 17.8 Å². The number of nitrogens with zero attached hydrogens (tertiary/aromatic N) is 2. The second-order valence-corrected chi connectivity index (χ2v) is 7.49. The summed E-state index contributed by atoms with van der Waals surface area (Å²) in [6, 6.07) is 5.52. The number of carbonyl (C=O) groups is 1. The molecule has 0 saturated heterocycles. The summed E-state index contributed by atoms with van der Waals surface area (Å²) in [5, 5.41) is 3.63. The zero-order chi connectivity index (χ0) is 18.1. The minimum atomic E-state index is -0.104. The van der Waals surface area contributed by atoms with Gasteiger partial charge in [-0.3, -0.25) is 14.2 Å². The fraction of sp³-hybridized carbons (Fsp3) is 0.550. The summed E-state index contributed by atoms with van der Waals surface area (Å²) >= 11 is 0. The normalized spacial score (nSPS) is 22.2. The number of fused-ring (bicyclic) bond motifs is 2. The van der Waals surface area contributed by atoms with E-state index in [1.165, 1.54) is 12.8 Å². The molecule has 0 radical (unpaired) electrons. The molecular formula is C20H25N3O3. The monoisotopic (exact) mass is 355 g/mol. The smallest absolute Gasteiger partial charge is 0.261 e. The molecule has 138 valence electrons. The number of carbonyl (C=O) groups excluding carboxylic acids is 1. The maximum absolute atomic E-state index is 12.6. The number of rotatable bonds is 4. The molecule has 1 saturated carbocycles. The standard InChI is InChI=1S/C20H25N3O3/c1-13-5-2-3-6-16(13)22-19(24)12-26-14-8-9-17-15(11-14)20(25)23-10-4-7-18(23)21-17/h8-9,11,13,16H,2-7,10,12H2,1H3,(H,22,24). The van der Waals surface area contributed by atoms with Gasteiger partial charge in [-0.25, -0.2) is 4.98 Å². The molecule has 1 N–H and O–H groups in total. The van der Waals surface area contributed by atoms with Crippen LogP contribution in [0.3, 0.4) is 0 Å². The van der Waals surface area contributed by atoms with E-state index in [0.717, 1.165) is 38.1 Å². The quantitative estimate of drug-likeness (QED) is 0.914. The maximum atomic E-state index is 12.6. The summed E-state index contributed by atoms with van der Waals surface area (Å²) in [7, 11) is 0. The molecule has 6 heteroatoms. The molecule has 1 aromatic carbocycles. The van der Waals surface area contributed by atoms with E-state index in [-0.39, 0.29) is 24.1 Å². The van der Waals surface area contributed by atoms with E-state index in [9.17, 15) is 9.59 Å². The molecule has 0 bridgehead atoms. The fourth-order valence-electron chi connectivity index (χ4n) is 4.08. The molecule has 26 heavy (non-hydrogen) atoms. The average Bonchev–Trinajstić information content (AvgIpc) is 3.11. The highest BCUT2D eigenvalue weighted by Gasteiger charge is 2.23. The lowest BCUT2D eigenvalue weighted by Gasteiger charge is -2.29.